The molecule has 0 radical (unpaired) electrons. The Morgan fingerprint density at radius 3 is 2.27 bits per heavy atom. The van der Waals surface area contributed by atoms with Gasteiger partial charge in [0.15, 0.2) is 0 Å². The number of hydrogen-bond acceptors (Lipinski definition) is 4. The van der Waals surface area contributed by atoms with Crippen molar-refractivity contribution in [1.82, 2.24) is 9.88 Å². The summed E-state index contributed by atoms with van der Waals surface area (Å²) in [5.41, 5.74) is 4.48. The molecule has 1 atom stereocenters. The summed E-state index contributed by atoms with van der Waals surface area (Å²) < 4.78 is 40.0. The first-order chi connectivity index (χ1) is 13.8. The predicted molar refractivity (Wildman–Crippen MR) is 107 cm³/mol. The summed E-state index contributed by atoms with van der Waals surface area (Å²) in [5.74, 6) is -3.79. The molecule has 3 N–H and O–H groups in total. The van der Waals surface area contributed by atoms with Crippen molar-refractivity contribution in [2.45, 2.75) is 45.5 Å². The zero-order valence-electron chi connectivity index (χ0n) is 16.9. The number of hydrogen-bond donors (Lipinski definition) is 2. The Labute approximate surface area is 171 Å². The quantitative estimate of drug-likeness (QED) is 0.716. The Hall–Kier alpha value is -3.10. The Kier molecular flexibility index (Phi) is 6.74. The van der Waals surface area contributed by atoms with Crippen LogP contribution in [0.3, 0.4) is 0 Å². The van der Waals surface area contributed by atoms with Crippen LogP contribution in [0.2, 0.25) is 0 Å². The lowest BCUT2D eigenvalue weighted by Crippen LogP contribution is -2.60. The number of aromatic nitrogens is 1. The van der Waals surface area contributed by atoms with E-state index >= 15 is 0 Å². The van der Waals surface area contributed by atoms with Crippen LogP contribution in [0, 0.1) is 5.92 Å². The molecule has 1 unspecified atom stereocenters. The fourth-order valence-electron chi connectivity index (χ4n) is 3.01. The third kappa shape index (κ3) is 5.28. The fourth-order valence-corrected chi connectivity index (χ4v) is 3.01. The van der Waals surface area contributed by atoms with Crippen LogP contribution >= 0.6 is 0 Å². The van der Waals surface area contributed by atoms with Crippen LogP contribution in [0.1, 0.15) is 31.9 Å². The lowest BCUT2D eigenvalue weighted by molar-refractivity contribution is -0.180. The third-order valence-electron chi connectivity index (χ3n) is 5.02. The topological polar surface area (TPSA) is 94.2 Å². The Morgan fingerprint density at radius 2 is 1.73 bits per heavy atom. The molecular formula is C21H24F3N3O3. The van der Waals surface area contributed by atoms with Gasteiger partial charge in [0.2, 0.25) is 5.91 Å². The number of carbonyl (C=O) groups is 2. The van der Waals surface area contributed by atoms with Gasteiger partial charge in [-0.3, -0.25) is 14.4 Å². The molecule has 30 heavy (non-hydrogen) atoms. The molecule has 0 aliphatic heterocycles. The van der Waals surface area contributed by atoms with Gasteiger partial charge in [-0.1, -0.05) is 44.2 Å². The maximum Gasteiger partial charge on any atom is 0.452 e. The summed E-state index contributed by atoms with van der Waals surface area (Å²) in [6.07, 6.45) is -3.23. The first-order valence-corrected chi connectivity index (χ1v) is 9.30. The molecule has 0 bridgehead atoms. The molecule has 2 aromatic rings. The van der Waals surface area contributed by atoms with Crippen molar-refractivity contribution in [1.29, 1.82) is 0 Å². The molecule has 2 rings (SSSR count). The van der Waals surface area contributed by atoms with E-state index in [4.69, 9.17) is 5.73 Å². The number of rotatable bonds is 7. The standard InChI is InChI=1S/C21H24F3N3O3/c1-13(2)20(3,19(30)21(22,23)24)26-17(28)12-27-11-15(10-16(25)18(27)29)9-14-7-5-4-6-8-14/h4-8,10-11,13H,9,12,25H2,1-3H3,(H,26,28). The van der Waals surface area contributed by atoms with Crippen molar-refractivity contribution in [3.05, 3.63) is 64.1 Å². The number of alkyl halides is 3. The SMILES string of the molecule is CC(C)C(C)(NC(=O)Cn1cc(Cc2ccccc2)cc(N)c1=O)C(=O)C(F)(F)F. The summed E-state index contributed by atoms with van der Waals surface area (Å²) in [6.45, 7) is 3.25. The van der Waals surface area contributed by atoms with E-state index in [-0.39, 0.29) is 5.69 Å². The van der Waals surface area contributed by atoms with Gasteiger partial charge < -0.3 is 15.6 Å². The van der Waals surface area contributed by atoms with E-state index in [1.165, 1.54) is 26.1 Å². The molecular weight excluding hydrogens is 399 g/mol. The first kappa shape index (κ1) is 23.2. The molecule has 0 aliphatic rings. The van der Waals surface area contributed by atoms with Gasteiger partial charge in [0.1, 0.15) is 12.1 Å². The van der Waals surface area contributed by atoms with Crippen LogP contribution in [-0.2, 0) is 22.6 Å². The van der Waals surface area contributed by atoms with Crippen LogP contribution < -0.4 is 16.6 Å². The van der Waals surface area contributed by atoms with Gasteiger partial charge in [-0.05, 0) is 36.5 Å². The average molecular weight is 423 g/mol. The van der Waals surface area contributed by atoms with Crippen molar-refractivity contribution >= 4 is 17.4 Å². The molecule has 1 aromatic heterocycles. The largest absolute Gasteiger partial charge is 0.452 e. The number of nitrogens with zero attached hydrogens (tertiary/aromatic N) is 1. The molecule has 0 saturated heterocycles. The maximum atomic E-state index is 13.0. The van der Waals surface area contributed by atoms with E-state index in [1.54, 1.807) is 0 Å². The number of benzene rings is 1. The number of Topliss-reactive ketones (excluding diaryl/α,β-unsaturated/α-hetero) is 1. The number of nitrogens with two attached hydrogens (primary N) is 1. The molecule has 162 valence electrons. The summed E-state index contributed by atoms with van der Waals surface area (Å²) in [4.78, 5) is 36.6. The highest BCUT2D eigenvalue weighted by molar-refractivity contribution is 5.96. The zero-order valence-corrected chi connectivity index (χ0v) is 16.9. The number of nitrogens with one attached hydrogen (secondary N) is 1. The average Bonchev–Trinajstić information content (AvgIpc) is 2.64. The Morgan fingerprint density at radius 1 is 1.13 bits per heavy atom. The molecule has 0 saturated carbocycles. The van der Waals surface area contributed by atoms with Crippen LogP contribution in [0.4, 0.5) is 18.9 Å². The van der Waals surface area contributed by atoms with E-state index in [2.05, 4.69) is 5.32 Å². The van der Waals surface area contributed by atoms with Gasteiger partial charge in [0.25, 0.3) is 11.3 Å². The number of anilines is 1. The van der Waals surface area contributed by atoms with Crippen molar-refractivity contribution in [3.63, 3.8) is 0 Å². The van der Waals surface area contributed by atoms with Crippen LogP contribution in [0.15, 0.2) is 47.4 Å². The molecule has 0 aliphatic carbocycles. The molecule has 9 heteroatoms. The second-order valence-electron chi connectivity index (χ2n) is 7.63. The highest BCUT2D eigenvalue weighted by Crippen LogP contribution is 2.28. The van der Waals surface area contributed by atoms with E-state index < -0.39 is 41.4 Å². The van der Waals surface area contributed by atoms with Crippen molar-refractivity contribution in [2.24, 2.45) is 5.92 Å². The number of nitrogen functional groups attached to an aromatic ring is 1. The van der Waals surface area contributed by atoms with Gasteiger partial charge in [-0.15, -0.1) is 0 Å². The highest BCUT2D eigenvalue weighted by atomic mass is 19.4. The number of ketones is 1. The van der Waals surface area contributed by atoms with Crippen LogP contribution in [0.25, 0.3) is 0 Å². The van der Waals surface area contributed by atoms with Gasteiger partial charge in [-0.25, -0.2) is 0 Å². The van der Waals surface area contributed by atoms with Gasteiger partial charge in [-0.2, -0.15) is 13.2 Å². The Bertz CT molecular complexity index is 984. The van der Waals surface area contributed by atoms with Crippen molar-refractivity contribution < 1.29 is 22.8 Å². The van der Waals surface area contributed by atoms with E-state index in [1.807, 2.05) is 30.3 Å². The zero-order chi connectivity index (χ0) is 22.7. The number of pyridine rings is 1. The van der Waals surface area contributed by atoms with Gasteiger partial charge >= 0.3 is 6.18 Å². The van der Waals surface area contributed by atoms with Crippen molar-refractivity contribution in [3.8, 4) is 0 Å². The highest BCUT2D eigenvalue weighted by Gasteiger charge is 2.52. The molecule has 0 fully saturated rings. The van der Waals surface area contributed by atoms with Gasteiger partial charge in [0, 0.05) is 6.20 Å². The molecule has 6 nitrogen and oxygen atoms in total. The van der Waals surface area contributed by atoms with E-state index in [0.717, 1.165) is 17.1 Å². The normalized spacial score (nSPS) is 13.7. The van der Waals surface area contributed by atoms with Crippen LogP contribution in [-0.4, -0.2) is 28.0 Å². The smallest absolute Gasteiger partial charge is 0.394 e. The fraction of sp³-hybridized carbons (Fsp3) is 0.381. The second kappa shape index (κ2) is 8.73. The second-order valence-corrected chi connectivity index (χ2v) is 7.63. The maximum absolute atomic E-state index is 13.0. The van der Waals surface area contributed by atoms with E-state index in [9.17, 15) is 27.6 Å². The predicted octanol–water partition coefficient (Wildman–Crippen LogP) is 2.68. The summed E-state index contributed by atoms with van der Waals surface area (Å²) in [6, 6.07) is 10.8. The lowest BCUT2D eigenvalue weighted by Gasteiger charge is -2.33. The minimum atomic E-state index is -5.11. The monoisotopic (exact) mass is 423 g/mol. The molecule has 1 aromatic carbocycles. The summed E-state index contributed by atoms with van der Waals surface area (Å²) in [7, 11) is 0. The first-order valence-electron chi connectivity index (χ1n) is 9.30. The van der Waals surface area contributed by atoms with Crippen LogP contribution in [0.5, 0.6) is 0 Å². The van der Waals surface area contributed by atoms with Crippen molar-refractivity contribution in [2.75, 3.05) is 5.73 Å². The number of amides is 1. The summed E-state index contributed by atoms with van der Waals surface area (Å²) in [5, 5.41) is 2.15. The van der Waals surface area contributed by atoms with E-state index in [0.29, 0.717) is 12.0 Å². The Balaban J connectivity index is 2.27. The van der Waals surface area contributed by atoms with Gasteiger partial charge in [0.05, 0.1) is 5.69 Å². The number of halogens is 3. The minimum Gasteiger partial charge on any atom is -0.394 e. The number of carbonyl (C=O) groups excluding carboxylic acids is 2. The molecule has 1 heterocycles. The lowest BCUT2D eigenvalue weighted by atomic mass is 9.83. The summed E-state index contributed by atoms with van der Waals surface area (Å²) >= 11 is 0. The third-order valence-corrected chi connectivity index (χ3v) is 5.02. The molecule has 0 spiro atoms. The molecule has 1 amide bonds. The minimum absolute atomic E-state index is 0.0887.